The Hall–Kier alpha value is -2.50. The fourth-order valence-corrected chi connectivity index (χ4v) is 1.96. The molecule has 0 aliphatic carbocycles. The number of fused-ring (bicyclic) bond motifs is 1. The van der Waals surface area contributed by atoms with Gasteiger partial charge in [-0.1, -0.05) is 6.07 Å². The lowest BCUT2D eigenvalue weighted by atomic mass is 10.2. The van der Waals surface area contributed by atoms with Crippen molar-refractivity contribution in [1.29, 1.82) is 0 Å². The van der Waals surface area contributed by atoms with Crippen LogP contribution in [0.1, 0.15) is 5.69 Å². The maximum absolute atomic E-state index is 4.29. The summed E-state index contributed by atoms with van der Waals surface area (Å²) in [6, 6.07) is 5.92. The predicted octanol–water partition coefficient (Wildman–Crippen LogP) is 1.41. The number of nitrogens with zero attached hydrogens (tertiary/aromatic N) is 5. The monoisotopic (exact) mass is 254 g/mol. The highest BCUT2D eigenvalue weighted by Gasteiger charge is 2.06. The molecule has 0 spiro atoms. The summed E-state index contributed by atoms with van der Waals surface area (Å²) in [4.78, 5) is 12.7. The molecular formula is C13H14N6. The highest BCUT2D eigenvalue weighted by atomic mass is 15.3. The number of aryl methyl sites for hydroxylation is 1. The van der Waals surface area contributed by atoms with Gasteiger partial charge in [-0.25, -0.2) is 9.97 Å². The van der Waals surface area contributed by atoms with Gasteiger partial charge in [0.25, 0.3) is 0 Å². The Morgan fingerprint density at radius 3 is 3.00 bits per heavy atom. The highest BCUT2D eigenvalue weighted by Crippen LogP contribution is 2.17. The molecule has 1 N–H and O–H groups in total. The number of rotatable bonds is 4. The van der Waals surface area contributed by atoms with E-state index in [2.05, 4.69) is 25.4 Å². The maximum atomic E-state index is 4.29. The Balaban J connectivity index is 1.72. The number of aromatic nitrogens is 5. The normalized spacial score (nSPS) is 10.8. The van der Waals surface area contributed by atoms with Crippen LogP contribution in [0.15, 0.2) is 36.9 Å². The lowest BCUT2D eigenvalue weighted by Crippen LogP contribution is -2.07. The molecule has 3 aromatic heterocycles. The molecule has 19 heavy (non-hydrogen) atoms. The second-order valence-corrected chi connectivity index (χ2v) is 4.23. The number of anilines is 1. The van der Waals surface area contributed by atoms with Crippen LogP contribution in [-0.2, 0) is 13.5 Å². The van der Waals surface area contributed by atoms with Gasteiger partial charge >= 0.3 is 0 Å². The highest BCUT2D eigenvalue weighted by molar-refractivity contribution is 5.85. The van der Waals surface area contributed by atoms with Crippen LogP contribution in [0.2, 0.25) is 0 Å². The van der Waals surface area contributed by atoms with Crippen LogP contribution in [0.25, 0.3) is 11.0 Å². The van der Waals surface area contributed by atoms with Crippen molar-refractivity contribution in [2.75, 3.05) is 11.9 Å². The maximum Gasteiger partial charge on any atom is 0.163 e. The van der Waals surface area contributed by atoms with E-state index in [9.17, 15) is 0 Å². The summed E-state index contributed by atoms with van der Waals surface area (Å²) in [5.74, 6) is 0.814. The standard InChI is InChI=1S/C13H14N6/c1-19-13-11(8-18-19)12(16-9-17-13)15-7-5-10-4-2-3-6-14-10/h2-4,6,8-9H,5,7H2,1H3,(H,15,16,17). The van der Waals surface area contributed by atoms with Crippen molar-refractivity contribution in [3.63, 3.8) is 0 Å². The molecule has 96 valence electrons. The van der Waals surface area contributed by atoms with E-state index < -0.39 is 0 Å². The van der Waals surface area contributed by atoms with Gasteiger partial charge in [-0.3, -0.25) is 9.67 Å². The molecule has 0 unspecified atom stereocenters. The van der Waals surface area contributed by atoms with E-state index in [-0.39, 0.29) is 0 Å². The van der Waals surface area contributed by atoms with Crippen LogP contribution in [0.4, 0.5) is 5.82 Å². The molecule has 0 aliphatic heterocycles. The van der Waals surface area contributed by atoms with Crippen molar-refractivity contribution in [2.24, 2.45) is 7.05 Å². The summed E-state index contributed by atoms with van der Waals surface area (Å²) in [7, 11) is 1.87. The van der Waals surface area contributed by atoms with Crippen LogP contribution < -0.4 is 5.32 Å². The first-order valence-corrected chi connectivity index (χ1v) is 6.11. The zero-order chi connectivity index (χ0) is 13.1. The third kappa shape index (κ3) is 2.37. The molecular weight excluding hydrogens is 240 g/mol. The molecule has 6 nitrogen and oxygen atoms in total. The average molecular weight is 254 g/mol. The first-order valence-electron chi connectivity index (χ1n) is 6.11. The summed E-state index contributed by atoms with van der Waals surface area (Å²) < 4.78 is 1.74. The van der Waals surface area contributed by atoms with E-state index in [1.165, 1.54) is 0 Å². The molecule has 0 amide bonds. The zero-order valence-corrected chi connectivity index (χ0v) is 10.6. The van der Waals surface area contributed by atoms with E-state index >= 15 is 0 Å². The summed E-state index contributed by atoms with van der Waals surface area (Å²) in [6.07, 6.45) is 5.98. The van der Waals surface area contributed by atoms with Crippen molar-refractivity contribution in [1.82, 2.24) is 24.7 Å². The van der Waals surface area contributed by atoms with Crippen molar-refractivity contribution in [3.8, 4) is 0 Å². The number of pyridine rings is 1. The van der Waals surface area contributed by atoms with Gasteiger partial charge in [-0.2, -0.15) is 5.10 Å². The van der Waals surface area contributed by atoms with E-state index in [1.54, 1.807) is 23.4 Å². The second kappa shape index (κ2) is 5.01. The van der Waals surface area contributed by atoms with Crippen LogP contribution in [0, 0.1) is 0 Å². The lowest BCUT2D eigenvalue weighted by Gasteiger charge is -2.05. The molecule has 0 saturated heterocycles. The van der Waals surface area contributed by atoms with Gasteiger partial charge in [0.2, 0.25) is 0 Å². The van der Waals surface area contributed by atoms with Crippen LogP contribution in [0.3, 0.4) is 0 Å². The van der Waals surface area contributed by atoms with Gasteiger partial charge in [0.1, 0.15) is 12.1 Å². The summed E-state index contributed by atoms with van der Waals surface area (Å²) in [5.41, 5.74) is 1.89. The molecule has 0 fully saturated rings. The summed E-state index contributed by atoms with van der Waals surface area (Å²) in [5, 5.41) is 8.43. The van der Waals surface area contributed by atoms with Crippen molar-refractivity contribution in [3.05, 3.63) is 42.6 Å². The third-order valence-electron chi connectivity index (χ3n) is 2.93. The fourth-order valence-electron chi connectivity index (χ4n) is 1.96. The van der Waals surface area contributed by atoms with Crippen molar-refractivity contribution >= 4 is 16.9 Å². The fraction of sp³-hybridized carbons (Fsp3) is 0.231. The first-order chi connectivity index (χ1) is 9.34. The minimum atomic E-state index is 0.776. The summed E-state index contributed by atoms with van der Waals surface area (Å²) in [6.45, 7) is 0.776. The van der Waals surface area contributed by atoms with Crippen LogP contribution in [-0.4, -0.2) is 31.3 Å². The van der Waals surface area contributed by atoms with Crippen LogP contribution in [0.5, 0.6) is 0 Å². The molecule has 0 aliphatic rings. The Bertz CT molecular complexity index is 676. The van der Waals surface area contributed by atoms with Crippen molar-refractivity contribution in [2.45, 2.75) is 6.42 Å². The molecule has 0 aromatic carbocycles. The Morgan fingerprint density at radius 2 is 2.16 bits per heavy atom. The Morgan fingerprint density at radius 1 is 1.21 bits per heavy atom. The van der Waals surface area contributed by atoms with Gasteiger partial charge in [-0.05, 0) is 12.1 Å². The smallest absolute Gasteiger partial charge is 0.163 e. The summed E-state index contributed by atoms with van der Waals surface area (Å²) >= 11 is 0. The van der Waals surface area contributed by atoms with E-state index in [1.807, 2.05) is 25.2 Å². The van der Waals surface area contributed by atoms with Gasteiger partial charge in [0, 0.05) is 31.9 Å². The van der Waals surface area contributed by atoms with E-state index in [4.69, 9.17) is 0 Å². The van der Waals surface area contributed by atoms with Gasteiger partial charge in [0.15, 0.2) is 5.65 Å². The molecule has 3 rings (SSSR count). The topological polar surface area (TPSA) is 68.5 Å². The number of nitrogens with one attached hydrogen (secondary N) is 1. The molecule has 0 saturated carbocycles. The molecule has 0 radical (unpaired) electrons. The van der Waals surface area contributed by atoms with Crippen molar-refractivity contribution < 1.29 is 0 Å². The number of hydrogen-bond acceptors (Lipinski definition) is 5. The first kappa shape index (κ1) is 11.6. The van der Waals surface area contributed by atoms with E-state index in [0.717, 1.165) is 35.5 Å². The van der Waals surface area contributed by atoms with E-state index in [0.29, 0.717) is 0 Å². The largest absolute Gasteiger partial charge is 0.369 e. The number of hydrogen-bond donors (Lipinski definition) is 1. The quantitative estimate of drug-likeness (QED) is 0.762. The Labute approximate surface area is 110 Å². The predicted molar refractivity (Wildman–Crippen MR) is 72.7 cm³/mol. The SMILES string of the molecule is Cn1ncc2c(NCCc3ccccn3)ncnc21. The minimum absolute atomic E-state index is 0.776. The van der Waals surface area contributed by atoms with Crippen LogP contribution >= 0.6 is 0 Å². The lowest BCUT2D eigenvalue weighted by molar-refractivity contribution is 0.785. The van der Waals surface area contributed by atoms with Gasteiger partial charge in [0.05, 0.1) is 11.6 Å². The Kier molecular flexibility index (Phi) is 3.06. The zero-order valence-electron chi connectivity index (χ0n) is 10.6. The third-order valence-corrected chi connectivity index (χ3v) is 2.93. The molecule has 0 bridgehead atoms. The van der Waals surface area contributed by atoms with Gasteiger partial charge < -0.3 is 5.32 Å². The average Bonchev–Trinajstić information content (AvgIpc) is 2.83. The molecule has 0 atom stereocenters. The molecule has 6 heteroatoms. The van der Waals surface area contributed by atoms with Gasteiger partial charge in [-0.15, -0.1) is 0 Å². The molecule has 3 heterocycles. The minimum Gasteiger partial charge on any atom is -0.369 e. The molecule has 3 aromatic rings. The second-order valence-electron chi connectivity index (χ2n) is 4.23.